The van der Waals surface area contributed by atoms with Crippen LogP contribution in [0.4, 0.5) is 0 Å². The summed E-state index contributed by atoms with van der Waals surface area (Å²) >= 11 is 0. The first-order valence-electron chi connectivity index (χ1n) is 6.54. The zero-order valence-electron chi connectivity index (χ0n) is 10.9. The number of aliphatic hydroxyl groups is 1. The fourth-order valence-corrected chi connectivity index (χ4v) is 2.70. The smallest absolute Gasteiger partial charge is 0.0703 e. The number of hydrogen-bond acceptors (Lipinski definition) is 4. The number of hydrogen-bond donors (Lipinski definition) is 2. The summed E-state index contributed by atoms with van der Waals surface area (Å²) in [7, 11) is 1.73. The van der Waals surface area contributed by atoms with E-state index in [4.69, 9.17) is 10.5 Å². The second kappa shape index (κ2) is 5.78. The van der Waals surface area contributed by atoms with Gasteiger partial charge in [0.15, 0.2) is 0 Å². The zero-order valence-corrected chi connectivity index (χ0v) is 10.9. The molecule has 3 N–H and O–H groups in total. The Morgan fingerprint density at radius 1 is 1.56 bits per heavy atom. The second-order valence-electron chi connectivity index (χ2n) is 5.14. The molecule has 0 radical (unpaired) electrons. The molecule has 0 bridgehead atoms. The molecule has 100 valence electrons. The lowest BCUT2D eigenvalue weighted by atomic mass is 9.74. The van der Waals surface area contributed by atoms with Crippen LogP contribution in [0.3, 0.4) is 0 Å². The fourth-order valence-electron chi connectivity index (χ4n) is 2.70. The maximum Gasteiger partial charge on any atom is 0.0703 e. The molecule has 1 aromatic heterocycles. The molecule has 0 aromatic carbocycles. The highest BCUT2D eigenvalue weighted by Gasteiger charge is 2.40. The molecule has 0 aliphatic heterocycles. The van der Waals surface area contributed by atoms with E-state index in [9.17, 15) is 5.11 Å². The fraction of sp³-hybridized carbons (Fsp3) is 0.643. The summed E-state index contributed by atoms with van der Waals surface area (Å²) in [5.41, 5.74) is 6.67. The molecule has 1 aliphatic rings. The summed E-state index contributed by atoms with van der Waals surface area (Å²) < 4.78 is 5.56. The van der Waals surface area contributed by atoms with Gasteiger partial charge in [-0.05, 0) is 30.9 Å². The topological polar surface area (TPSA) is 68.4 Å². The van der Waals surface area contributed by atoms with Gasteiger partial charge in [-0.25, -0.2) is 0 Å². The third kappa shape index (κ3) is 2.71. The van der Waals surface area contributed by atoms with Crippen molar-refractivity contribution in [2.24, 2.45) is 5.73 Å². The standard InChI is InChI=1S/C14H22N2O2/c1-18-14(5-3-6-14)8-13(17)12(9-15)11-4-2-7-16-10-11/h2,4,7,10,12-13,17H,3,5-6,8-9,15H2,1H3. The first-order valence-corrected chi connectivity index (χ1v) is 6.54. The van der Waals surface area contributed by atoms with E-state index in [0.717, 1.165) is 18.4 Å². The molecule has 0 amide bonds. The first-order chi connectivity index (χ1) is 8.71. The van der Waals surface area contributed by atoms with Gasteiger partial charge in [-0.15, -0.1) is 0 Å². The van der Waals surface area contributed by atoms with Crippen molar-refractivity contribution in [2.75, 3.05) is 13.7 Å². The van der Waals surface area contributed by atoms with Gasteiger partial charge in [-0.2, -0.15) is 0 Å². The third-order valence-electron chi connectivity index (χ3n) is 4.11. The summed E-state index contributed by atoms with van der Waals surface area (Å²) in [6.45, 7) is 0.423. The molecule has 2 atom stereocenters. The summed E-state index contributed by atoms with van der Waals surface area (Å²) in [4.78, 5) is 4.09. The van der Waals surface area contributed by atoms with E-state index in [1.165, 1.54) is 6.42 Å². The van der Waals surface area contributed by atoms with Gasteiger partial charge in [0.1, 0.15) is 0 Å². The van der Waals surface area contributed by atoms with E-state index in [-0.39, 0.29) is 11.5 Å². The molecule has 4 heteroatoms. The van der Waals surface area contributed by atoms with Crippen LogP contribution >= 0.6 is 0 Å². The predicted molar refractivity (Wildman–Crippen MR) is 70.2 cm³/mol. The van der Waals surface area contributed by atoms with Crippen LogP contribution in [0, 0.1) is 0 Å². The minimum Gasteiger partial charge on any atom is -0.392 e. The quantitative estimate of drug-likeness (QED) is 0.801. The number of methoxy groups -OCH3 is 1. The summed E-state index contributed by atoms with van der Waals surface area (Å²) in [5.74, 6) is -0.0636. The molecule has 1 saturated carbocycles. The molecular weight excluding hydrogens is 228 g/mol. The van der Waals surface area contributed by atoms with E-state index in [1.54, 1.807) is 19.5 Å². The van der Waals surface area contributed by atoms with E-state index in [1.807, 2.05) is 12.1 Å². The largest absolute Gasteiger partial charge is 0.392 e. The molecule has 18 heavy (non-hydrogen) atoms. The molecule has 4 nitrogen and oxygen atoms in total. The van der Waals surface area contributed by atoms with Gasteiger partial charge in [0.2, 0.25) is 0 Å². The first kappa shape index (κ1) is 13.5. The van der Waals surface area contributed by atoms with Crippen LogP contribution in [0.2, 0.25) is 0 Å². The minimum atomic E-state index is -0.473. The van der Waals surface area contributed by atoms with Gasteiger partial charge in [0, 0.05) is 38.4 Å². The Labute approximate surface area is 108 Å². The van der Waals surface area contributed by atoms with Crippen LogP contribution in [0.15, 0.2) is 24.5 Å². The number of nitrogens with zero attached hydrogens (tertiary/aromatic N) is 1. The Bertz CT molecular complexity index is 360. The van der Waals surface area contributed by atoms with Gasteiger partial charge < -0.3 is 15.6 Å². The number of aromatic nitrogens is 1. The summed E-state index contributed by atoms with van der Waals surface area (Å²) in [5, 5.41) is 10.4. The van der Waals surface area contributed by atoms with Crippen molar-refractivity contribution >= 4 is 0 Å². The summed E-state index contributed by atoms with van der Waals surface area (Å²) in [6, 6.07) is 3.84. The third-order valence-corrected chi connectivity index (χ3v) is 4.11. The normalized spacial score (nSPS) is 21.1. The van der Waals surface area contributed by atoms with Crippen molar-refractivity contribution in [3.05, 3.63) is 30.1 Å². The van der Waals surface area contributed by atoms with Gasteiger partial charge in [-0.3, -0.25) is 4.98 Å². The van der Waals surface area contributed by atoms with Crippen molar-refractivity contribution in [1.29, 1.82) is 0 Å². The zero-order chi connectivity index (χ0) is 13.0. The average Bonchev–Trinajstić information content (AvgIpc) is 2.36. The molecule has 0 saturated heterocycles. The van der Waals surface area contributed by atoms with Crippen molar-refractivity contribution in [2.45, 2.75) is 43.3 Å². The molecule has 2 rings (SSSR count). The molecular formula is C14H22N2O2. The molecule has 2 unspecified atom stereocenters. The maximum atomic E-state index is 10.4. The number of pyridine rings is 1. The van der Waals surface area contributed by atoms with E-state index in [0.29, 0.717) is 13.0 Å². The van der Waals surface area contributed by atoms with Gasteiger partial charge in [-0.1, -0.05) is 6.07 Å². The van der Waals surface area contributed by atoms with Gasteiger partial charge >= 0.3 is 0 Å². The number of aliphatic hydroxyl groups excluding tert-OH is 1. The minimum absolute atomic E-state index is 0.0636. The lowest BCUT2D eigenvalue weighted by Gasteiger charge is -2.43. The van der Waals surface area contributed by atoms with Crippen molar-refractivity contribution < 1.29 is 9.84 Å². The van der Waals surface area contributed by atoms with Crippen LogP contribution in [0.5, 0.6) is 0 Å². The Hall–Kier alpha value is -0.970. The monoisotopic (exact) mass is 250 g/mol. The van der Waals surface area contributed by atoms with Crippen LogP contribution in [0.1, 0.15) is 37.2 Å². The van der Waals surface area contributed by atoms with Gasteiger partial charge in [0.25, 0.3) is 0 Å². The SMILES string of the molecule is COC1(CC(O)C(CN)c2cccnc2)CCC1. The van der Waals surface area contributed by atoms with Crippen LogP contribution in [-0.2, 0) is 4.74 Å². The van der Waals surface area contributed by atoms with Crippen LogP contribution in [0.25, 0.3) is 0 Å². The number of ether oxygens (including phenoxy) is 1. The van der Waals surface area contributed by atoms with E-state index in [2.05, 4.69) is 4.98 Å². The highest BCUT2D eigenvalue weighted by Crippen LogP contribution is 2.40. The van der Waals surface area contributed by atoms with E-state index >= 15 is 0 Å². The number of rotatable bonds is 6. The van der Waals surface area contributed by atoms with Crippen LogP contribution < -0.4 is 5.73 Å². The highest BCUT2D eigenvalue weighted by molar-refractivity contribution is 5.17. The van der Waals surface area contributed by atoms with Crippen molar-refractivity contribution in [3.63, 3.8) is 0 Å². The molecule has 1 fully saturated rings. The Balaban J connectivity index is 2.04. The van der Waals surface area contributed by atoms with E-state index < -0.39 is 6.10 Å². The summed E-state index contributed by atoms with van der Waals surface area (Å²) in [6.07, 6.45) is 6.93. The number of nitrogens with two attached hydrogens (primary N) is 1. The average molecular weight is 250 g/mol. The molecule has 1 aliphatic carbocycles. The maximum absolute atomic E-state index is 10.4. The van der Waals surface area contributed by atoms with Crippen molar-refractivity contribution in [1.82, 2.24) is 4.98 Å². The van der Waals surface area contributed by atoms with Gasteiger partial charge in [0.05, 0.1) is 11.7 Å². The Morgan fingerprint density at radius 2 is 2.33 bits per heavy atom. The molecule has 1 aromatic rings. The lowest BCUT2D eigenvalue weighted by Crippen LogP contribution is -2.44. The lowest BCUT2D eigenvalue weighted by molar-refractivity contribution is -0.102. The Kier molecular flexibility index (Phi) is 4.32. The van der Waals surface area contributed by atoms with Crippen LogP contribution in [-0.4, -0.2) is 35.5 Å². The second-order valence-corrected chi connectivity index (χ2v) is 5.14. The molecule has 1 heterocycles. The van der Waals surface area contributed by atoms with Crippen molar-refractivity contribution in [3.8, 4) is 0 Å². The highest BCUT2D eigenvalue weighted by atomic mass is 16.5. The Morgan fingerprint density at radius 3 is 2.78 bits per heavy atom. The molecule has 0 spiro atoms. The predicted octanol–water partition coefficient (Wildman–Crippen LogP) is 1.44.